The van der Waals surface area contributed by atoms with Crippen LogP contribution in [0.25, 0.3) is 21.9 Å². The second kappa shape index (κ2) is 7.96. The standard InChI is InChI=1S/C21H24N4O3S/c1-28-19-10-17(12-23-13-19)16-9-15-3-6-22-14-20(15)21(11-16)24-18-4-7-25(8-5-18)29(2,26)27/h3,6,9-14,18,24H,4-5,7-8H2,1-2H3. The number of rotatable bonds is 5. The topological polar surface area (TPSA) is 84.4 Å². The van der Waals surface area contributed by atoms with Crippen molar-refractivity contribution >= 4 is 26.5 Å². The van der Waals surface area contributed by atoms with Crippen LogP contribution in [0.1, 0.15) is 12.8 Å². The van der Waals surface area contributed by atoms with Gasteiger partial charge in [0.15, 0.2) is 0 Å². The smallest absolute Gasteiger partial charge is 0.211 e. The maximum Gasteiger partial charge on any atom is 0.211 e. The third-order valence-electron chi connectivity index (χ3n) is 5.32. The van der Waals surface area contributed by atoms with Crippen LogP contribution < -0.4 is 10.1 Å². The molecule has 0 atom stereocenters. The summed E-state index contributed by atoms with van der Waals surface area (Å²) in [7, 11) is -1.50. The van der Waals surface area contributed by atoms with E-state index in [0.717, 1.165) is 40.4 Å². The Balaban J connectivity index is 1.65. The van der Waals surface area contributed by atoms with Gasteiger partial charge in [0.1, 0.15) is 5.75 Å². The number of hydrogen-bond acceptors (Lipinski definition) is 6. The van der Waals surface area contributed by atoms with Crippen LogP contribution in [-0.4, -0.2) is 55.2 Å². The molecule has 3 heterocycles. The highest BCUT2D eigenvalue weighted by Gasteiger charge is 2.25. The molecule has 1 N–H and O–H groups in total. The summed E-state index contributed by atoms with van der Waals surface area (Å²) in [6.07, 6.45) is 9.94. The average molecular weight is 413 g/mol. The molecule has 29 heavy (non-hydrogen) atoms. The first kappa shape index (κ1) is 19.6. The molecule has 1 fully saturated rings. The molecule has 1 aliphatic rings. The molecule has 7 nitrogen and oxygen atoms in total. The lowest BCUT2D eigenvalue weighted by Gasteiger charge is -2.31. The third kappa shape index (κ3) is 4.33. The minimum Gasteiger partial charge on any atom is -0.495 e. The lowest BCUT2D eigenvalue weighted by molar-refractivity contribution is 0.332. The van der Waals surface area contributed by atoms with Crippen molar-refractivity contribution in [1.29, 1.82) is 0 Å². The predicted molar refractivity (Wildman–Crippen MR) is 115 cm³/mol. The molecule has 0 saturated carbocycles. The molecule has 0 spiro atoms. The van der Waals surface area contributed by atoms with Crippen molar-refractivity contribution in [2.24, 2.45) is 0 Å². The molecular formula is C21H24N4O3S. The van der Waals surface area contributed by atoms with E-state index in [2.05, 4.69) is 27.4 Å². The first-order valence-electron chi connectivity index (χ1n) is 9.53. The minimum atomic E-state index is -3.13. The van der Waals surface area contributed by atoms with Crippen molar-refractivity contribution in [1.82, 2.24) is 14.3 Å². The summed E-state index contributed by atoms with van der Waals surface area (Å²) in [4.78, 5) is 8.55. The molecule has 0 amide bonds. The number of ether oxygens (including phenoxy) is 1. The summed E-state index contributed by atoms with van der Waals surface area (Å²) in [6.45, 7) is 1.07. The number of hydrogen-bond donors (Lipinski definition) is 1. The number of fused-ring (bicyclic) bond motifs is 1. The van der Waals surface area contributed by atoms with Crippen LogP contribution in [0.4, 0.5) is 5.69 Å². The first-order valence-corrected chi connectivity index (χ1v) is 11.4. The first-order chi connectivity index (χ1) is 13.9. The van der Waals surface area contributed by atoms with Crippen LogP contribution >= 0.6 is 0 Å². The number of pyridine rings is 2. The Hall–Kier alpha value is -2.71. The molecule has 1 aromatic carbocycles. The third-order valence-corrected chi connectivity index (χ3v) is 6.62. The molecule has 1 saturated heterocycles. The number of piperidine rings is 1. The van der Waals surface area contributed by atoms with E-state index < -0.39 is 10.0 Å². The van der Waals surface area contributed by atoms with Gasteiger partial charge in [0.25, 0.3) is 0 Å². The lowest BCUT2D eigenvalue weighted by Crippen LogP contribution is -2.41. The van der Waals surface area contributed by atoms with Gasteiger partial charge in [-0.3, -0.25) is 9.97 Å². The normalized spacial score (nSPS) is 16.1. The van der Waals surface area contributed by atoms with E-state index in [1.165, 1.54) is 6.26 Å². The Morgan fingerprint density at radius 1 is 1.07 bits per heavy atom. The maximum absolute atomic E-state index is 11.8. The van der Waals surface area contributed by atoms with Gasteiger partial charge in [0.05, 0.1) is 19.6 Å². The van der Waals surface area contributed by atoms with Crippen molar-refractivity contribution in [3.63, 3.8) is 0 Å². The SMILES string of the molecule is COc1cncc(-c2cc(NC3CCN(S(C)(=O)=O)CC3)c3cnccc3c2)c1. The second-order valence-corrected chi connectivity index (χ2v) is 9.30. The highest BCUT2D eigenvalue weighted by atomic mass is 32.2. The number of benzene rings is 1. The summed E-state index contributed by atoms with van der Waals surface area (Å²) < 4.78 is 30.4. The van der Waals surface area contributed by atoms with Gasteiger partial charge in [-0.05, 0) is 48.1 Å². The largest absolute Gasteiger partial charge is 0.495 e. The van der Waals surface area contributed by atoms with Crippen molar-refractivity contribution < 1.29 is 13.2 Å². The van der Waals surface area contributed by atoms with Crippen LogP contribution in [0.2, 0.25) is 0 Å². The van der Waals surface area contributed by atoms with Gasteiger partial charge in [-0.1, -0.05) is 0 Å². The monoisotopic (exact) mass is 412 g/mol. The van der Waals surface area contributed by atoms with Gasteiger partial charge in [-0.2, -0.15) is 0 Å². The van der Waals surface area contributed by atoms with Gasteiger partial charge in [-0.15, -0.1) is 0 Å². The van der Waals surface area contributed by atoms with Crippen LogP contribution in [0.3, 0.4) is 0 Å². The van der Waals surface area contributed by atoms with Gasteiger partial charge < -0.3 is 10.1 Å². The van der Waals surface area contributed by atoms with E-state index in [9.17, 15) is 8.42 Å². The Morgan fingerprint density at radius 3 is 2.59 bits per heavy atom. The van der Waals surface area contributed by atoms with E-state index in [0.29, 0.717) is 18.8 Å². The van der Waals surface area contributed by atoms with Crippen LogP contribution in [0.15, 0.2) is 49.1 Å². The molecule has 152 valence electrons. The molecule has 8 heteroatoms. The maximum atomic E-state index is 11.8. The molecule has 3 aromatic rings. The summed E-state index contributed by atoms with van der Waals surface area (Å²) in [5.74, 6) is 0.708. The van der Waals surface area contributed by atoms with E-state index in [-0.39, 0.29) is 6.04 Å². The zero-order chi connectivity index (χ0) is 20.4. The van der Waals surface area contributed by atoms with Crippen LogP contribution in [0.5, 0.6) is 5.75 Å². The van der Waals surface area contributed by atoms with E-state index in [1.54, 1.807) is 23.8 Å². The molecule has 1 aliphatic heterocycles. The fourth-order valence-electron chi connectivity index (χ4n) is 3.72. The zero-order valence-corrected chi connectivity index (χ0v) is 17.3. The van der Waals surface area contributed by atoms with Crippen LogP contribution in [0, 0.1) is 0 Å². The number of sulfonamides is 1. The average Bonchev–Trinajstić information content (AvgIpc) is 2.73. The van der Waals surface area contributed by atoms with Gasteiger partial charge in [0, 0.05) is 54.4 Å². The number of nitrogens with zero attached hydrogens (tertiary/aromatic N) is 3. The van der Waals surface area contributed by atoms with E-state index in [1.807, 2.05) is 24.5 Å². The van der Waals surface area contributed by atoms with Crippen LogP contribution in [-0.2, 0) is 10.0 Å². The Bertz CT molecular complexity index is 1130. The quantitative estimate of drug-likeness (QED) is 0.693. The fraction of sp³-hybridized carbons (Fsp3) is 0.333. The number of aromatic nitrogens is 2. The highest BCUT2D eigenvalue weighted by molar-refractivity contribution is 7.88. The van der Waals surface area contributed by atoms with Crippen molar-refractivity contribution in [2.45, 2.75) is 18.9 Å². The minimum absolute atomic E-state index is 0.204. The molecule has 0 unspecified atom stereocenters. The van der Waals surface area contributed by atoms with E-state index >= 15 is 0 Å². The molecule has 0 radical (unpaired) electrons. The molecule has 0 bridgehead atoms. The number of anilines is 1. The lowest BCUT2D eigenvalue weighted by atomic mass is 10.00. The summed E-state index contributed by atoms with van der Waals surface area (Å²) in [6, 6.07) is 8.37. The molecule has 4 rings (SSSR count). The summed E-state index contributed by atoms with van der Waals surface area (Å²) >= 11 is 0. The van der Waals surface area contributed by atoms with Crippen molar-refractivity contribution in [2.75, 3.05) is 31.8 Å². The highest BCUT2D eigenvalue weighted by Crippen LogP contribution is 2.32. The van der Waals surface area contributed by atoms with Crippen molar-refractivity contribution in [3.8, 4) is 16.9 Å². The zero-order valence-electron chi connectivity index (χ0n) is 16.5. The summed E-state index contributed by atoms with van der Waals surface area (Å²) in [5, 5.41) is 5.74. The fourth-order valence-corrected chi connectivity index (χ4v) is 4.60. The number of methoxy groups -OCH3 is 1. The van der Waals surface area contributed by atoms with Gasteiger partial charge in [-0.25, -0.2) is 12.7 Å². The number of nitrogens with one attached hydrogen (secondary N) is 1. The Kier molecular flexibility index (Phi) is 5.38. The molecule has 0 aliphatic carbocycles. The van der Waals surface area contributed by atoms with E-state index in [4.69, 9.17) is 4.74 Å². The second-order valence-electron chi connectivity index (χ2n) is 7.31. The van der Waals surface area contributed by atoms with Crippen molar-refractivity contribution in [3.05, 3.63) is 49.1 Å². The van der Waals surface area contributed by atoms with Gasteiger partial charge in [0.2, 0.25) is 10.0 Å². The summed E-state index contributed by atoms with van der Waals surface area (Å²) in [5.41, 5.74) is 3.00. The molecule has 2 aromatic heterocycles. The predicted octanol–water partition coefficient (Wildman–Crippen LogP) is 3.14. The molecular weight excluding hydrogens is 388 g/mol. The Labute approximate surface area is 170 Å². The van der Waals surface area contributed by atoms with Gasteiger partial charge >= 0.3 is 0 Å². The Morgan fingerprint density at radius 2 is 1.86 bits per heavy atom.